The standard InChI is InChI=1S/C19H25FN6O/c20-17-5-3-16(4-6-17)15-24-19(27)23-9-2-10-25-11-13-26(14-12-25)18-21-7-1-8-22-18/h1,3-8H,2,9-15H2,(H2,23,24,27). The first kappa shape index (κ1) is 19.0. The summed E-state index contributed by atoms with van der Waals surface area (Å²) in [5, 5.41) is 5.63. The van der Waals surface area contributed by atoms with Gasteiger partial charge in [-0.05, 0) is 36.7 Å². The Morgan fingerprint density at radius 2 is 1.74 bits per heavy atom. The predicted molar refractivity (Wildman–Crippen MR) is 102 cm³/mol. The number of rotatable bonds is 7. The third kappa shape index (κ3) is 6.18. The molecule has 0 spiro atoms. The number of anilines is 1. The van der Waals surface area contributed by atoms with Gasteiger partial charge in [-0.1, -0.05) is 12.1 Å². The molecule has 0 atom stereocenters. The number of aromatic nitrogens is 2. The normalized spacial score (nSPS) is 14.8. The molecular formula is C19H25FN6O. The van der Waals surface area contributed by atoms with Crippen molar-refractivity contribution in [3.63, 3.8) is 0 Å². The molecule has 1 saturated heterocycles. The maximum absolute atomic E-state index is 12.8. The first-order chi connectivity index (χ1) is 13.2. The summed E-state index contributed by atoms with van der Waals surface area (Å²) in [5.74, 6) is 0.511. The number of nitrogens with one attached hydrogen (secondary N) is 2. The Balaban J connectivity index is 1.26. The molecule has 0 bridgehead atoms. The molecule has 1 aromatic carbocycles. The lowest BCUT2D eigenvalue weighted by molar-refractivity contribution is 0.235. The summed E-state index contributed by atoms with van der Waals surface area (Å²) in [6, 6.07) is 7.72. The van der Waals surface area contributed by atoms with Crippen LogP contribution >= 0.6 is 0 Å². The van der Waals surface area contributed by atoms with Gasteiger partial charge < -0.3 is 15.5 Å². The van der Waals surface area contributed by atoms with Crippen molar-refractivity contribution in [1.29, 1.82) is 0 Å². The van der Waals surface area contributed by atoms with Gasteiger partial charge in [-0.3, -0.25) is 4.90 Å². The molecule has 2 N–H and O–H groups in total. The lowest BCUT2D eigenvalue weighted by Gasteiger charge is -2.34. The Morgan fingerprint density at radius 3 is 2.44 bits per heavy atom. The Hall–Kier alpha value is -2.74. The maximum Gasteiger partial charge on any atom is 0.315 e. The lowest BCUT2D eigenvalue weighted by atomic mass is 10.2. The largest absolute Gasteiger partial charge is 0.338 e. The van der Waals surface area contributed by atoms with Crippen molar-refractivity contribution in [3.05, 3.63) is 54.1 Å². The van der Waals surface area contributed by atoms with Gasteiger partial charge in [-0.2, -0.15) is 0 Å². The van der Waals surface area contributed by atoms with E-state index in [0.29, 0.717) is 13.1 Å². The van der Waals surface area contributed by atoms with Crippen LogP contribution in [0.1, 0.15) is 12.0 Å². The van der Waals surface area contributed by atoms with E-state index in [1.165, 1.54) is 12.1 Å². The number of carbonyl (C=O) groups is 1. The minimum atomic E-state index is -0.277. The van der Waals surface area contributed by atoms with Crippen LogP contribution < -0.4 is 15.5 Å². The fourth-order valence-electron chi connectivity index (χ4n) is 2.98. The zero-order valence-electron chi connectivity index (χ0n) is 15.3. The molecule has 0 radical (unpaired) electrons. The molecule has 144 valence electrons. The monoisotopic (exact) mass is 372 g/mol. The van der Waals surface area contributed by atoms with E-state index in [1.807, 2.05) is 6.07 Å². The van der Waals surface area contributed by atoms with Gasteiger partial charge in [0, 0.05) is 51.7 Å². The maximum atomic E-state index is 12.8. The van der Waals surface area contributed by atoms with Crippen LogP contribution in [-0.2, 0) is 6.54 Å². The van der Waals surface area contributed by atoms with Crippen LogP contribution in [0.15, 0.2) is 42.7 Å². The number of benzene rings is 1. The van der Waals surface area contributed by atoms with E-state index in [2.05, 4.69) is 30.4 Å². The van der Waals surface area contributed by atoms with Crippen LogP contribution in [0.4, 0.5) is 15.1 Å². The molecule has 2 aromatic rings. The van der Waals surface area contributed by atoms with Crippen molar-refractivity contribution in [1.82, 2.24) is 25.5 Å². The second-order valence-corrected chi connectivity index (χ2v) is 6.47. The van der Waals surface area contributed by atoms with Gasteiger partial charge in [0.15, 0.2) is 0 Å². The SMILES string of the molecule is O=C(NCCCN1CCN(c2ncccn2)CC1)NCc1ccc(F)cc1. The third-order valence-corrected chi connectivity index (χ3v) is 4.51. The van der Waals surface area contributed by atoms with Crippen LogP contribution in [0.3, 0.4) is 0 Å². The number of hydrogen-bond acceptors (Lipinski definition) is 5. The van der Waals surface area contributed by atoms with E-state index in [-0.39, 0.29) is 11.8 Å². The van der Waals surface area contributed by atoms with Gasteiger partial charge in [0.2, 0.25) is 5.95 Å². The summed E-state index contributed by atoms with van der Waals surface area (Å²) in [7, 11) is 0. The van der Waals surface area contributed by atoms with Gasteiger partial charge >= 0.3 is 6.03 Å². The Labute approximate surface area is 158 Å². The Morgan fingerprint density at radius 1 is 1.04 bits per heavy atom. The van der Waals surface area contributed by atoms with Crippen molar-refractivity contribution >= 4 is 12.0 Å². The zero-order chi connectivity index (χ0) is 18.9. The van der Waals surface area contributed by atoms with Crippen LogP contribution in [0.2, 0.25) is 0 Å². The second kappa shape index (κ2) is 9.82. The molecule has 27 heavy (non-hydrogen) atoms. The van der Waals surface area contributed by atoms with Crippen LogP contribution in [-0.4, -0.2) is 60.2 Å². The van der Waals surface area contributed by atoms with Crippen LogP contribution in [0.5, 0.6) is 0 Å². The van der Waals surface area contributed by atoms with Crippen LogP contribution in [0, 0.1) is 5.82 Å². The molecule has 1 aliphatic heterocycles. The second-order valence-electron chi connectivity index (χ2n) is 6.47. The van der Waals surface area contributed by atoms with Crippen molar-refractivity contribution in [3.8, 4) is 0 Å². The van der Waals surface area contributed by atoms with E-state index in [9.17, 15) is 9.18 Å². The molecule has 1 aromatic heterocycles. The molecule has 3 rings (SSSR count). The van der Waals surface area contributed by atoms with Gasteiger partial charge in [-0.25, -0.2) is 19.2 Å². The number of halogens is 1. The Bertz CT molecular complexity index is 704. The third-order valence-electron chi connectivity index (χ3n) is 4.51. The summed E-state index contributed by atoms with van der Waals surface area (Å²) in [6.45, 7) is 5.71. The average Bonchev–Trinajstić information content (AvgIpc) is 2.72. The number of carbonyl (C=O) groups excluding carboxylic acids is 1. The van der Waals surface area contributed by atoms with E-state index < -0.39 is 0 Å². The number of hydrogen-bond donors (Lipinski definition) is 2. The summed E-state index contributed by atoms with van der Waals surface area (Å²) in [6.07, 6.45) is 4.43. The molecule has 0 unspecified atom stereocenters. The lowest BCUT2D eigenvalue weighted by Crippen LogP contribution is -2.47. The molecule has 2 heterocycles. The highest BCUT2D eigenvalue weighted by molar-refractivity contribution is 5.73. The highest BCUT2D eigenvalue weighted by Gasteiger charge is 2.18. The highest BCUT2D eigenvalue weighted by Crippen LogP contribution is 2.09. The zero-order valence-corrected chi connectivity index (χ0v) is 15.3. The first-order valence-electron chi connectivity index (χ1n) is 9.21. The molecular weight excluding hydrogens is 347 g/mol. The number of amides is 2. The van der Waals surface area contributed by atoms with Gasteiger partial charge in [0.05, 0.1) is 0 Å². The predicted octanol–water partition coefficient (Wildman–Crippen LogP) is 1.63. The van der Waals surface area contributed by atoms with Crippen molar-refractivity contribution in [2.75, 3.05) is 44.2 Å². The molecule has 1 aliphatic rings. The fourth-order valence-corrected chi connectivity index (χ4v) is 2.98. The smallest absolute Gasteiger partial charge is 0.315 e. The van der Waals surface area contributed by atoms with Gasteiger partial charge in [0.25, 0.3) is 0 Å². The highest BCUT2D eigenvalue weighted by atomic mass is 19.1. The molecule has 8 heteroatoms. The molecule has 1 fully saturated rings. The molecule has 7 nitrogen and oxygen atoms in total. The number of nitrogens with zero attached hydrogens (tertiary/aromatic N) is 4. The van der Waals surface area contributed by atoms with Crippen LogP contribution in [0.25, 0.3) is 0 Å². The summed E-state index contributed by atoms with van der Waals surface area (Å²) in [5.41, 5.74) is 0.867. The fraction of sp³-hybridized carbons (Fsp3) is 0.421. The van der Waals surface area contributed by atoms with Crippen molar-refractivity contribution in [2.45, 2.75) is 13.0 Å². The number of piperazine rings is 1. The van der Waals surface area contributed by atoms with Gasteiger partial charge in [0.1, 0.15) is 5.82 Å². The minimum Gasteiger partial charge on any atom is -0.338 e. The van der Waals surface area contributed by atoms with E-state index in [0.717, 1.165) is 50.7 Å². The summed E-state index contributed by atoms with van der Waals surface area (Å²) in [4.78, 5) is 25.0. The van der Waals surface area contributed by atoms with Crippen molar-refractivity contribution in [2.24, 2.45) is 0 Å². The molecule has 2 amide bonds. The summed E-state index contributed by atoms with van der Waals surface area (Å²) >= 11 is 0. The quantitative estimate of drug-likeness (QED) is 0.723. The topological polar surface area (TPSA) is 73.4 Å². The Kier molecular flexibility index (Phi) is 6.92. The summed E-state index contributed by atoms with van der Waals surface area (Å²) < 4.78 is 12.8. The first-order valence-corrected chi connectivity index (χ1v) is 9.21. The van der Waals surface area contributed by atoms with E-state index in [4.69, 9.17) is 0 Å². The average molecular weight is 372 g/mol. The van der Waals surface area contributed by atoms with Gasteiger partial charge in [-0.15, -0.1) is 0 Å². The van der Waals surface area contributed by atoms with E-state index in [1.54, 1.807) is 24.5 Å². The number of urea groups is 1. The minimum absolute atomic E-state index is 0.203. The molecule has 0 saturated carbocycles. The van der Waals surface area contributed by atoms with Crippen molar-refractivity contribution < 1.29 is 9.18 Å². The van der Waals surface area contributed by atoms with E-state index >= 15 is 0 Å². The molecule has 0 aliphatic carbocycles.